The van der Waals surface area contributed by atoms with E-state index in [4.69, 9.17) is 15.6 Å². The molecule has 0 spiro atoms. The molecule has 0 aliphatic heterocycles. The van der Waals surface area contributed by atoms with Crippen molar-refractivity contribution in [2.75, 3.05) is 19.8 Å². The van der Waals surface area contributed by atoms with E-state index in [2.05, 4.69) is 10.3 Å². The Hall–Kier alpha value is -1.17. The minimum absolute atomic E-state index is 0.110. The van der Waals surface area contributed by atoms with Gasteiger partial charge in [-0.25, -0.2) is 4.98 Å². The first-order valence-corrected chi connectivity index (χ1v) is 5.46. The van der Waals surface area contributed by atoms with E-state index in [1.807, 2.05) is 18.2 Å². The van der Waals surface area contributed by atoms with Crippen molar-refractivity contribution in [3.05, 3.63) is 24.4 Å². The van der Waals surface area contributed by atoms with Gasteiger partial charge in [-0.3, -0.25) is 0 Å². The molecule has 0 fully saturated rings. The maximum atomic E-state index is 8.64. The van der Waals surface area contributed by atoms with Gasteiger partial charge in [-0.15, -0.1) is 0 Å². The van der Waals surface area contributed by atoms with Gasteiger partial charge >= 0.3 is 0 Å². The fraction of sp³-hybridized carbons (Fsp3) is 0.545. The molecule has 0 aliphatic carbocycles. The first kappa shape index (κ1) is 12.9. The van der Waals surface area contributed by atoms with Crippen molar-refractivity contribution in [1.29, 1.82) is 0 Å². The third-order valence-electron chi connectivity index (χ3n) is 2.06. The van der Waals surface area contributed by atoms with Crippen LogP contribution in [0.15, 0.2) is 24.4 Å². The molecule has 16 heavy (non-hydrogen) atoms. The average Bonchev–Trinajstić information content (AvgIpc) is 2.30. The van der Waals surface area contributed by atoms with Gasteiger partial charge in [0, 0.05) is 18.9 Å². The van der Waals surface area contributed by atoms with E-state index in [9.17, 15) is 0 Å². The van der Waals surface area contributed by atoms with E-state index in [0.29, 0.717) is 18.9 Å². The van der Waals surface area contributed by atoms with Crippen LogP contribution >= 0.6 is 0 Å². The Morgan fingerprint density at radius 2 is 2.38 bits per heavy atom. The largest absolute Gasteiger partial charge is 0.478 e. The second-order valence-corrected chi connectivity index (χ2v) is 3.44. The summed E-state index contributed by atoms with van der Waals surface area (Å²) >= 11 is 0. The van der Waals surface area contributed by atoms with Crippen molar-refractivity contribution in [2.45, 2.75) is 19.0 Å². The summed E-state index contributed by atoms with van der Waals surface area (Å²) in [6, 6.07) is 5.56. The van der Waals surface area contributed by atoms with Crippen LogP contribution in [0.3, 0.4) is 0 Å². The Morgan fingerprint density at radius 3 is 3.06 bits per heavy atom. The molecule has 0 aromatic carbocycles. The SMILES string of the molecule is NC(CCO)NCCCOc1ccccn1. The number of aliphatic hydroxyl groups is 1. The van der Waals surface area contributed by atoms with Gasteiger partial charge in [0.05, 0.1) is 12.8 Å². The zero-order valence-corrected chi connectivity index (χ0v) is 9.30. The number of nitrogens with two attached hydrogens (primary N) is 1. The second-order valence-electron chi connectivity index (χ2n) is 3.44. The maximum Gasteiger partial charge on any atom is 0.213 e. The van der Waals surface area contributed by atoms with E-state index >= 15 is 0 Å². The van der Waals surface area contributed by atoms with Gasteiger partial charge in [0.15, 0.2) is 0 Å². The normalized spacial score (nSPS) is 12.4. The molecule has 0 saturated carbocycles. The monoisotopic (exact) mass is 225 g/mol. The molecule has 5 nitrogen and oxygen atoms in total. The van der Waals surface area contributed by atoms with Crippen LogP contribution in [-0.4, -0.2) is 36.0 Å². The Kier molecular flexibility index (Phi) is 6.48. The van der Waals surface area contributed by atoms with Crippen molar-refractivity contribution in [3.8, 4) is 5.88 Å². The molecule has 0 aliphatic rings. The van der Waals surface area contributed by atoms with Crippen LogP contribution in [0.1, 0.15) is 12.8 Å². The van der Waals surface area contributed by atoms with E-state index < -0.39 is 0 Å². The highest BCUT2D eigenvalue weighted by molar-refractivity contribution is 5.08. The number of pyridine rings is 1. The van der Waals surface area contributed by atoms with Crippen molar-refractivity contribution in [1.82, 2.24) is 10.3 Å². The topological polar surface area (TPSA) is 80.4 Å². The minimum Gasteiger partial charge on any atom is -0.478 e. The van der Waals surface area contributed by atoms with Crippen LogP contribution in [0.5, 0.6) is 5.88 Å². The lowest BCUT2D eigenvalue weighted by Gasteiger charge is -2.12. The highest BCUT2D eigenvalue weighted by atomic mass is 16.5. The van der Waals surface area contributed by atoms with E-state index in [1.54, 1.807) is 6.20 Å². The molecule has 1 unspecified atom stereocenters. The lowest BCUT2D eigenvalue weighted by Crippen LogP contribution is -2.38. The van der Waals surface area contributed by atoms with Crippen LogP contribution in [0, 0.1) is 0 Å². The van der Waals surface area contributed by atoms with Gasteiger partial charge in [-0.1, -0.05) is 6.07 Å². The lowest BCUT2D eigenvalue weighted by molar-refractivity contribution is 0.260. The number of aromatic nitrogens is 1. The summed E-state index contributed by atoms with van der Waals surface area (Å²) in [6.07, 6.45) is 2.99. The summed E-state index contributed by atoms with van der Waals surface area (Å²) in [4.78, 5) is 4.04. The van der Waals surface area contributed by atoms with E-state index in [0.717, 1.165) is 13.0 Å². The van der Waals surface area contributed by atoms with Crippen LogP contribution in [0.2, 0.25) is 0 Å². The molecular weight excluding hydrogens is 206 g/mol. The molecule has 1 atom stereocenters. The molecule has 1 aromatic rings. The quantitative estimate of drug-likeness (QED) is 0.432. The van der Waals surface area contributed by atoms with E-state index in [-0.39, 0.29) is 12.8 Å². The first-order chi connectivity index (χ1) is 7.83. The molecule has 4 N–H and O–H groups in total. The van der Waals surface area contributed by atoms with Gasteiger partial charge in [0.25, 0.3) is 0 Å². The third kappa shape index (κ3) is 5.65. The van der Waals surface area contributed by atoms with Gasteiger partial charge < -0.3 is 20.9 Å². The molecule has 90 valence electrons. The molecule has 1 heterocycles. The molecule has 0 saturated heterocycles. The number of nitrogens with one attached hydrogen (secondary N) is 1. The van der Waals surface area contributed by atoms with Crippen molar-refractivity contribution >= 4 is 0 Å². The zero-order valence-electron chi connectivity index (χ0n) is 9.30. The van der Waals surface area contributed by atoms with E-state index in [1.165, 1.54) is 0 Å². The molecular formula is C11H19N3O2. The summed E-state index contributed by atoms with van der Waals surface area (Å²) in [6.45, 7) is 1.49. The second kappa shape index (κ2) is 8.04. The number of hydrogen-bond donors (Lipinski definition) is 3. The molecule has 0 bridgehead atoms. The summed E-state index contributed by atoms with van der Waals surface area (Å²) in [5, 5.41) is 11.7. The summed E-state index contributed by atoms with van der Waals surface area (Å²) in [5.41, 5.74) is 5.65. The Labute approximate surface area is 95.6 Å². The highest BCUT2D eigenvalue weighted by Crippen LogP contribution is 2.02. The van der Waals surface area contributed by atoms with Gasteiger partial charge in [0.2, 0.25) is 5.88 Å². The minimum atomic E-state index is -0.139. The van der Waals surface area contributed by atoms with Gasteiger partial charge in [0.1, 0.15) is 0 Å². The lowest BCUT2D eigenvalue weighted by atomic mass is 10.3. The van der Waals surface area contributed by atoms with Crippen LogP contribution in [0.25, 0.3) is 0 Å². The van der Waals surface area contributed by atoms with Crippen LogP contribution in [-0.2, 0) is 0 Å². The summed E-state index contributed by atoms with van der Waals surface area (Å²) in [5.74, 6) is 0.641. The fourth-order valence-corrected chi connectivity index (χ4v) is 1.21. The maximum absolute atomic E-state index is 8.64. The number of hydrogen-bond acceptors (Lipinski definition) is 5. The smallest absolute Gasteiger partial charge is 0.213 e. The van der Waals surface area contributed by atoms with Crippen LogP contribution in [0.4, 0.5) is 0 Å². The molecule has 5 heteroatoms. The third-order valence-corrected chi connectivity index (χ3v) is 2.06. The average molecular weight is 225 g/mol. The predicted octanol–water partition coefficient (Wildman–Crippen LogP) is 0.107. The molecule has 1 rings (SSSR count). The van der Waals surface area contributed by atoms with Crippen molar-refractivity contribution in [3.63, 3.8) is 0 Å². The predicted molar refractivity (Wildman–Crippen MR) is 62.0 cm³/mol. The number of rotatable bonds is 8. The Balaban J connectivity index is 2.00. The molecule has 1 aromatic heterocycles. The highest BCUT2D eigenvalue weighted by Gasteiger charge is 1.99. The van der Waals surface area contributed by atoms with Crippen LogP contribution < -0.4 is 15.8 Å². The van der Waals surface area contributed by atoms with Gasteiger partial charge in [-0.2, -0.15) is 0 Å². The number of nitrogens with zero attached hydrogens (tertiary/aromatic N) is 1. The van der Waals surface area contributed by atoms with Crippen molar-refractivity contribution < 1.29 is 9.84 Å². The van der Waals surface area contributed by atoms with Crippen molar-refractivity contribution in [2.24, 2.45) is 5.73 Å². The number of ether oxygens (including phenoxy) is 1. The summed E-state index contributed by atoms with van der Waals surface area (Å²) < 4.78 is 5.41. The zero-order chi connectivity index (χ0) is 11.6. The summed E-state index contributed by atoms with van der Waals surface area (Å²) in [7, 11) is 0. The standard InChI is InChI=1S/C11H19N3O2/c12-10(5-8-15)13-7-3-9-16-11-4-1-2-6-14-11/h1-2,4,6,10,13,15H,3,5,7-9,12H2. The fourth-order valence-electron chi connectivity index (χ4n) is 1.21. The molecule has 0 radical (unpaired) electrons. The Bertz CT molecular complexity index is 269. The number of aliphatic hydroxyl groups excluding tert-OH is 1. The Morgan fingerprint density at radius 1 is 1.50 bits per heavy atom. The first-order valence-electron chi connectivity index (χ1n) is 5.46. The van der Waals surface area contributed by atoms with Gasteiger partial charge in [-0.05, 0) is 25.5 Å². The molecule has 0 amide bonds.